The fourth-order valence-corrected chi connectivity index (χ4v) is 2.49. The Morgan fingerprint density at radius 2 is 1.30 bits per heavy atom. The molecule has 0 unspecified atom stereocenters. The Hall–Kier alpha value is -3.13. The molecule has 0 amide bonds. The molecule has 3 aromatic carbocycles. The fraction of sp³-hybridized carbons (Fsp3) is 0. The first-order valence-corrected chi connectivity index (χ1v) is 7.58. The van der Waals surface area contributed by atoms with Gasteiger partial charge in [-0.15, -0.1) is 0 Å². The lowest BCUT2D eigenvalue weighted by Crippen LogP contribution is -1.78. The number of hydrogen-bond donors (Lipinski definition) is 0. The monoisotopic (exact) mass is 297 g/mol. The number of rotatable bonds is 3. The van der Waals surface area contributed by atoms with Gasteiger partial charge >= 0.3 is 0 Å². The summed E-state index contributed by atoms with van der Waals surface area (Å²) in [6.45, 7) is 0. The van der Waals surface area contributed by atoms with Crippen LogP contribution in [-0.4, -0.2) is 4.98 Å². The van der Waals surface area contributed by atoms with Crippen LogP contribution in [0.5, 0.6) is 0 Å². The third-order valence-electron chi connectivity index (χ3n) is 3.72. The van der Waals surface area contributed by atoms with Gasteiger partial charge in [0.05, 0.1) is 0 Å². The van der Waals surface area contributed by atoms with E-state index < -0.39 is 0 Å². The molecule has 0 aliphatic carbocycles. The maximum absolute atomic E-state index is 5.79. The summed E-state index contributed by atoms with van der Waals surface area (Å²) < 4.78 is 5.79. The van der Waals surface area contributed by atoms with E-state index in [1.165, 1.54) is 5.56 Å². The van der Waals surface area contributed by atoms with Crippen molar-refractivity contribution in [3.63, 3.8) is 0 Å². The van der Waals surface area contributed by atoms with Crippen LogP contribution >= 0.6 is 0 Å². The molecule has 0 fully saturated rings. The van der Waals surface area contributed by atoms with Crippen LogP contribution in [0.1, 0.15) is 11.1 Å². The summed E-state index contributed by atoms with van der Waals surface area (Å²) >= 11 is 0. The Kier molecular flexibility index (Phi) is 3.49. The van der Waals surface area contributed by atoms with Gasteiger partial charge in [0, 0.05) is 5.56 Å². The summed E-state index contributed by atoms with van der Waals surface area (Å²) in [6, 6.07) is 26.3. The van der Waals surface area contributed by atoms with Gasteiger partial charge in [-0.2, -0.15) is 0 Å². The molecule has 0 N–H and O–H groups in total. The minimum atomic E-state index is 0.657. The molecule has 0 aliphatic heterocycles. The molecule has 0 radical (unpaired) electrons. The van der Waals surface area contributed by atoms with Crippen molar-refractivity contribution < 1.29 is 4.42 Å². The molecule has 1 heterocycles. The van der Waals surface area contributed by atoms with Crippen molar-refractivity contribution in [3.8, 4) is 11.5 Å². The Morgan fingerprint density at radius 1 is 0.652 bits per heavy atom. The Balaban J connectivity index is 1.59. The van der Waals surface area contributed by atoms with Gasteiger partial charge in [-0.3, -0.25) is 0 Å². The zero-order chi connectivity index (χ0) is 15.5. The zero-order valence-corrected chi connectivity index (χ0v) is 12.5. The molecule has 0 saturated heterocycles. The normalized spacial score (nSPS) is 11.3. The van der Waals surface area contributed by atoms with Crippen LogP contribution in [0.2, 0.25) is 0 Å². The molecule has 4 aromatic rings. The van der Waals surface area contributed by atoms with Gasteiger partial charge in [0.1, 0.15) is 5.52 Å². The second kappa shape index (κ2) is 5.93. The lowest BCUT2D eigenvalue weighted by Gasteiger charge is -1.97. The first-order valence-electron chi connectivity index (χ1n) is 7.58. The Bertz CT molecular complexity index is 917. The number of oxazole rings is 1. The topological polar surface area (TPSA) is 26.0 Å². The van der Waals surface area contributed by atoms with E-state index in [2.05, 4.69) is 41.4 Å². The van der Waals surface area contributed by atoms with Crippen LogP contribution in [0.4, 0.5) is 0 Å². The van der Waals surface area contributed by atoms with Gasteiger partial charge in [-0.05, 0) is 35.4 Å². The summed E-state index contributed by atoms with van der Waals surface area (Å²) in [7, 11) is 0. The van der Waals surface area contributed by atoms with Gasteiger partial charge in [0.2, 0.25) is 5.89 Å². The van der Waals surface area contributed by atoms with Crippen LogP contribution in [0.25, 0.3) is 34.7 Å². The highest BCUT2D eigenvalue weighted by molar-refractivity contribution is 5.76. The molecule has 0 aliphatic rings. The predicted octanol–water partition coefficient (Wildman–Crippen LogP) is 5.67. The molecule has 1 aromatic heterocycles. The Morgan fingerprint density at radius 3 is 2.04 bits per heavy atom. The molecule has 0 spiro atoms. The van der Waals surface area contributed by atoms with E-state index in [1.807, 2.05) is 54.6 Å². The van der Waals surface area contributed by atoms with Crippen molar-refractivity contribution in [1.29, 1.82) is 0 Å². The lowest BCUT2D eigenvalue weighted by molar-refractivity contribution is 0.620. The van der Waals surface area contributed by atoms with E-state index in [4.69, 9.17) is 4.42 Å². The number of aromatic nitrogens is 1. The van der Waals surface area contributed by atoms with Crippen LogP contribution in [0.3, 0.4) is 0 Å². The number of nitrogens with zero attached hydrogens (tertiary/aromatic N) is 1. The second-order valence-electron chi connectivity index (χ2n) is 5.35. The van der Waals surface area contributed by atoms with Crippen LogP contribution in [-0.2, 0) is 0 Å². The van der Waals surface area contributed by atoms with Crippen molar-refractivity contribution in [1.82, 2.24) is 4.98 Å². The van der Waals surface area contributed by atoms with Gasteiger partial charge in [-0.1, -0.05) is 66.7 Å². The minimum absolute atomic E-state index is 0.657. The molecule has 23 heavy (non-hydrogen) atoms. The maximum atomic E-state index is 5.79. The SMILES string of the molecule is C(=C\c1ccc(-c2nc3ccccc3o2)cc1)/c1ccccc1. The molecule has 0 atom stereocenters. The van der Waals surface area contributed by atoms with E-state index >= 15 is 0 Å². The van der Waals surface area contributed by atoms with Crippen LogP contribution in [0.15, 0.2) is 83.3 Å². The summed E-state index contributed by atoms with van der Waals surface area (Å²) in [5.41, 5.74) is 5.02. The van der Waals surface area contributed by atoms with Gasteiger partial charge < -0.3 is 4.42 Å². The average molecular weight is 297 g/mol. The number of fused-ring (bicyclic) bond motifs is 1. The highest BCUT2D eigenvalue weighted by atomic mass is 16.3. The number of benzene rings is 3. The predicted molar refractivity (Wildman–Crippen MR) is 94.8 cm³/mol. The van der Waals surface area contributed by atoms with Crippen molar-refractivity contribution in [2.24, 2.45) is 0 Å². The quantitative estimate of drug-likeness (QED) is 0.456. The summed E-state index contributed by atoms with van der Waals surface area (Å²) in [4.78, 5) is 4.52. The van der Waals surface area contributed by atoms with Crippen LogP contribution in [0, 0.1) is 0 Å². The number of para-hydroxylation sites is 2. The summed E-state index contributed by atoms with van der Waals surface area (Å²) in [6.07, 6.45) is 4.21. The molecule has 2 nitrogen and oxygen atoms in total. The number of hydrogen-bond acceptors (Lipinski definition) is 2. The first kappa shape index (κ1) is 13.5. The Labute approximate surface area is 134 Å². The molecule has 110 valence electrons. The van der Waals surface area contributed by atoms with Gasteiger partial charge in [-0.25, -0.2) is 4.98 Å². The van der Waals surface area contributed by atoms with Crippen molar-refractivity contribution in [2.45, 2.75) is 0 Å². The van der Waals surface area contributed by atoms with E-state index in [-0.39, 0.29) is 0 Å². The average Bonchev–Trinajstić information content (AvgIpc) is 3.05. The lowest BCUT2D eigenvalue weighted by atomic mass is 10.1. The molecule has 0 bridgehead atoms. The molecular weight excluding hydrogens is 282 g/mol. The first-order chi connectivity index (χ1) is 11.4. The standard InChI is InChI=1S/C21H15NO/c1-2-6-16(7-3-1)10-11-17-12-14-18(15-13-17)21-22-19-8-4-5-9-20(19)23-21/h1-15H/b11-10+. The minimum Gasteiger partial charge on any atom is -0.436 e. The van der Waals surface area contributed by atoms with Gasteiger partial charge in [0.15, 0.2) is 5.58 Å². The highest BCUT2D eigenvalue weighted by Crippen LogP contribution is 2.24. The molecule has 4 rings (SSSR count). The van der Waals surface area contributed by atoms with Crippen molar-refractivity contribution >= 4 is 23.3 Å². The van der Waals surface area contributed by atoms with Crippen molar-refractivity contribution in [2.75, 3.05) is 0 Å². The van der Waals surface area contributed by atoms with E-state index in [0.29, 0.717) is 5.89 Å². The molecule has 2 heteroatoms. The van der Waals surface area contributed by atoms with E-state index in [9.17, 15) is 0 Å². The van der Waals surface area contributed by atoms with Gasteiger partial charge in [0.25, 0.3) is 0 Å². The fourth-order valence-electron chi connectivity index (χ4n) is 2.49. The smallest absolute Gasteiger partial charge is 0.227 e. The molecule has 0 saturated carbocycles. The second-order valence-corrected chi connectivity index (χ2v) is 5.35. The zero-order valence-electron chi connectivity index (χ0n) is 12.5. The summed E-state index contributed by atoms with van der Waals surface area (Å²) in [5, 5.41) is 0. The summed E-state index contributed by atoms with van der Waals surface area (Å²) in [5.74, 6) is 0.657. The van der Waals surface area contributed by atoms with E-state index in [0.717, 1.165) is 22.2 Å². The third kappa shape index (κ3) is 2.92. The van der Waals surface area contributed by atoms with Crippen LogP contribution < -0.4 is 0 Å². The van der Waals surface area contributed by atoms with E-state index in [1.54, 1.807) is 0 Å². The largest absolute Gasteiger partial charge is 0.436 e. The third-order valence-corrected chi connectivity index (χ3v) is 3.72. The maximum Gasteiger partial charge on any atom is 0.227 e. The molecular formula is C21H15NO. The highest BCUT2D eigenvalue weighted by Gasteiger charge is 2.06. The van der Waals surface area contributed by atoms with Crippen molar-refractivity contribution in [3.05, 3.63) is 90.0 Å².